The molecule has 0 N–H and O–H groups in total. The predicted octanol–water partition coefficient (Wildman–Crippen LogP) is 1.72. The molecule has 0 bridgehead atoms. The number of methoxy groups -OCH3 is 1. The maximum Gasteiger partial charge on any atom is 0.217 e. The fraction of sp³-hybridized carbons (Fsp3) is 0.154. The molecule has 0 radical (unpaired) electrons. The second-order valence-electron chi connectivity index (χ2n) is 3.70. The summed E-state index contributed by atoms with van der Waals surface area (Å²) >= 11 is 5.82. The predicted molar refractivity (Wildman–Crippen MR) is 76.2 cm³/mol. The standard InChI is InChI=1S/C12H11ClNO.CH4O4S/c1-15-12-6-8-14(9-7-12)11-4-2-10(13)3-5-11;1-5-6(2,3)4/h2-9H,1H3;1H3,(H,2,3,4)/q+1;/p-1. The summed E-state index contributed by atoms with van der Waals surface area (Å²) < 4.78 is 38.1. The van der Waals surface area contributed by atoms with Gasteiger partial charge >= 0.3 is 0 Å². The number of hydrogen-bond donors (Lipinski definition) is 0. The van der Waals surface area contributed by atoms with Crippen molar-refractivity contribution >= 4 is 22.0 Å². The molecule has 1 heterocycles. The van der Waals surface area contributed by atoms with Crippen LogP contribution in [0.4, 0.5) is 0 Å². The van der Waals surface area contributed by atoms with Gasteiger partial charge in [-0.2, -0.15) is 4.57 Å². The maximum atomic E-state index is 9.22. The first-order valence-electron chi connectivity index (χ1n) is 5.68. The van der Waals surface area contributed by atoms with E-state index in [2.05, 4.69) is 4.18 Å². The van der Waals surface area contributed by atoms with Crippen molar-refractivity contribution in [3.05, 3.63) is 53.8 Å². The van der Waals surface area contributed by atoms with Crippen molar-refractivity contribution in [1.82, 2.24) is 0 Å². The zero-order valence-corrected chi connectivity index (χ0v) is 13.0. The molecule has 0 aliphatic heterocycles. The summed E-state index contributed by atoms with van der Waals surface area (Å²) in [6.07, 6.45) is 3.89. The number of nitrogens with zero attached hydrogens (tertiary/aromatic N) is 1. The van der Waals surface area contributed by atoms with E-state index < -0.39 is 10.4 Å². The first-order valence-corrected chi connectivity index (χ1v) is 7.39. The molecule has 0 aliphatic carbocycles. The number of ether oxygens (including phenoxy) is 1. The lowest BCUT2D eigenvalue weighted by atomic mass is 10.3. The molecule has 114 valence electrons. The van der Waals surface area contributed by atoms with Gasteiger partial charge in [0, 0.05) is 29.3 Å². The van der Waals surface area contributed by atoms with Crippen LogP contribution < -0.4 is 9.30 Å². The Labute approximate surface area is 128 Å². The molecule has 0 saturated heterocycles. The first-order chi connectivity index (χ1) is 9.85. The molecule has 0 amide bonds. The van der Waals surface area contributed by atoms with E-state index >= 15 is 0 Å². The van der Waals surface area contributed by atoms with Gasteiger partial charge in [0.2, 0.25) is 16.1 Å². The Bertz CT molecular complexity index is 656. The summed E-state index contributed by atoms with van der Waals surface area (Å²) in [5.41, 5.74) is 1.07. The average Bonchev–Trinajstić information content (AvgIpc) is 2.48. The van der Waals surface area contributed by atoms with Crippen LogP contribution >= 0.6 is 11.6 Å². The second kappa shape index (κ2) is 7.94. The fourth-order valence-corrected chi connectivity index (χ4v) is 1.46. The van der Waals surface area contributed by atoms with Crippen LogP contribution in [-0.2, 0) is 14.6 Å². The normalized spacial score (nSPS) is 10.5. The Morgan fingerprint density at radius 2 is 1.52 bits per heavy atom. The van der Waals surface area contributed by atoms with Crippen LogP contribution in [-0.4, -0.2) is 27.2 Å². The van der Waals surface area contributed by atoms with Crippen molar-refractivity contribution in [3.63, 3.8) is 0 Å². The lowest BCUT2D eigenvalue weighted by Gasteiger charge is -1.98. The summed E-state index contributed by atoms with van der Waals surface area (Å²) in [4.78, 5) is 0. The van der Waals surface area contributed by atoms with E-state index in [1.54, 1.807) is 7.11 Å². The molecule has 0 aliphatic rings. The summed E-state index contributed by atoms with van der Waals surface area (Å²) in [6, 6.07) is 11.5. The van der Waals surface area contributed by atoms with Crippen molar-refractivity contribution in [2.24, 2.45) is 0 Å². The molecule has 0 saturated carbocycles. The Morgan fingerprint density at radius 3 is 1.90 bits per heavy atom. The van der Waals surface area contributed by atoms with Crippen LogP contribution in [0.25, 0.3) is 5.69 Å². The number of pyridine rings is 1. The average molecular weight is 332 g/mol. The van der Waals surface area contributed by atoms with Crippen LogP contribution in [0.3, 0.4) is 0 Å². The SMILES string of the molecule is COS(=O)(=O)[O-].COc1cc[n+](-c2ccc(Cl)cc2)cc1. The molecule has 6 nitrogen and oxygen atoms in total. The monoisotopic (exact) mass is 331 g/mol. The largest absolute Gasteiger partial charge is 0.726 e. The van der Waals surface area contributed by atoms with Gasteiger partial charge in [-0.1, -0.05) is 11.6 Å². The Kier molecular flexibility index (Phi) is 6.57. The Morgan fingerprint density at radius 1 is 1.05 bits per heavy atom. The minimum atomic E-state index is -4.41. The van der Waals surface area contributed by atoms with Gasteiger partial charge in [0.15, 0.2) is 12.4 Å². The molecule has 2 rings (SSSR count). The highest BCUT2D eigenvalue weighted by Crippen LogP contribution is 2.10. The smallest absolute Gasteiger partial charge is 0.217 e. The lowest BCUT2D eigenvalue weighted by molar-refractivity contribution is -0.595. The highest BCUT2D eigenvalue weighted by molar-refractivity contribution is 7.80. The van der Waals surface area contributed by atoms with Gasteiger partial charge in [0.25, 0.3) is 0 Å². The number of rotatable bonds is 3. The summed E-state index contributed by atoms with van der Waals surface area (Å²) in [7, 11) is -1.95. The molecule has 8 heteroatoms. The number of halogens is 1. The zero-order valence-electron chi connectivity index (χ0n) is 11.4. The molecule has 2 aromatic rings. The number of aromatic nitrogens is 1. The van der Waals surface area contributed by atoms with E-state index in [1.165, 1.54) is 0 Å². The van der Waals surface area contributed by atoms with Gasteiger partial charge in [-0.05, 0) is 12.1 Å². The quantitative estimate of drug-likeness (QED) is 0.486. The zero-order chi connectivity index (χ0) is 15.9. The Balaban J connectivity index is 0.000000315. The molecular formula is C13H14ClNO5S. The number of hydrogen-bond acceptors (Lipinski definition) is 5. The first kappa shape index (κ1) is 17.4. The fourth-order valence-electron chi connectivity index (χ4n) is 1.33. The van der Waals surface area contributed by atoms with Crippen LogP contribution in [0.5, 0.6) is 5.75 Å². The Hall–Kier alpha value is -1.67. The highest BCUT2D eigenvalue weighted by atomic mass is 35.5. The minimum absolute atomic E-state index is 0.743. The van der Waals surface area contributed by atoms with Crippen molar-refractivity contribution in [2.45, 2.75) is 0 Å². The van der Waals surface area contributed by atoms with Crippen molar-refractivity contribution < 1.29 is 26.5 Å². The summed E-state index contributed by atoms with van der Waals surface area (Å²) in [6.45, 7) is 0. The lowest BCUT2D eigenvalue weighted by Crippen LogP contribution is -2.28. The third-order valence-corrected chi connectivity index (χ3v) is 3.02. The topological polar surface area (TPSA) is 79.5 Å². The van der Waals surface area contributed by atoms with Crippen LogP contribution in [0, 0.1) is 0 Å². The maximum absolute atomic E-state index is 9.22. The van der Waals surface area contributed by atoms with Crippen molar-refractivity contribution in [3.8, 4) is 11.4 Å². The third-order valence-electron chi connectivity index (χ3n) is 2.36. The van der Waals surface area contributed by atoms with E-state index in [0.29, 0.717) is 0 Å². The summed E-state index contributed by atoms with van der Waals surface area (Å²) in [5.74, 6) is 0.847. The molecule has 21 heavy (non-hydrogen) atoms. The summed E-state index contributed by atoms with van der Waals surface area (Å²) in [5, 5.41) is 0.743. The van der Waals surface area contributed by atoms with E-state index in [-0.39, 0.29) is 0 Å². The van der Waals surface area contributed by atoms with E-state index in [9.17, 15) is 13.0 Å². The van der Waals surface area contributed by atoms with E-state index in [0.717, 1.165) is 23.6 Å². The van der Waals surface area contributed by atoms with E-state index in [4.69, 9.17) is 16.3 Å². The van der Waals surface area contributed by atoms with Gasteiger partial charge in [0.05, 0.1) is 14.2 Å². The molecule has 0 atom stereocenters. The molecule has 1 aromatic carbocycles. The molecule has 1 aromatic heterocycles. The van der Waals surface area contributed by atoms with E-state index in [1.807, 2.05) is 53.4 Å². The minimum Gasteiger partial charge on any atom is -0.726 e. The van der Waals surface area contributed by atoms with Gasteiger partial charge in [-0.15, -0.1) is 0 Å². The van der Waals surface area contributed by atoms with Crippen LogP contribution in [0.2, 0.25) is 5.02 Å². The van der Waals surface area contributed by atoms with Gasteiger partial charge in [-0.3, -0.25) is 4.18 Å². The van der Waals surface area contributed by atoms with Crippen molar-refractivity contribution in [2.75, 3.05) is 14.2 Å². The highest BCUT2D eigenvalue weighted by Gasteiger charge is 2.04. The van der Waals surface area contributed by atoms with Gasteiger partial charge < -0.3 is 9.29 Å². The van der Waals surface area contributed by atoms with Crippen LogP contribution in [0.15, 0.2) is 48.8 Å². The number of benzene rings is 1. The molecular weight excluding hydrogens is 318 g/mol. The molecule has 0 fully saturated rings. The van der Waals surface area contributed by atoms with Crippen molar-refractivity contribution in [1.29, 1.82) is 0 Å². The second-order valence-corrected chi connectivity index (χ2v) is 5.28. The third kappa shape index (κ3) is 6.54. The molecule has 0 unspecified atom stereocenters. The van der Waals surface area contributed by atoms with Gasteiger partial charge in [0.1, 0.15) is 5.75 Å². The molecule has 0 spiro atoms. The van der Waals surface area contributed by atoms with Crippen LogP contribution in [0.1, 0.15) is 0 Å². The van der Waals surface area contributed by atoms with Gasteiger partial charge in [-0.25, -0.2) is 8.42 Å².